The van der Waals surface area contributed by atoms with Crippen molar-refractivity contribution in [1.29, 1.82) is 0 Å². The van der Waals surface area contributed by atoms with E-state index in [0.717, 1.165) is 27.7 Å². The molecule has 0 bridgehead atoms. The van der Waals surface area contributed by atoms with E-state index in [1.807, 2.05) is 30.3 Å². The Morgan fingerprint density at radius 2 is 2.00 bits per heavy atom. The summed E-state index contributed by atoms with van der Waals surface area (Å²) in [6, 6.07) is 11.3. The molecule has 2 N–H and O–H groups in total. The SMILES string of the molecule is CC(O)c1ccc(C(=O)N(C)C)cc1-c1ccc2[nH]cnc2c1. The van der Waals surface area contributed by atoms with Gasteiger partial charge in [0.05, 0.1) is 23.5 Å². The highest BCUT2D eigenvalue weighted by atomic mass is 16.3. The van der Waals surface area contributed by atoms with Gasteiger partial charge in [0.25, 0.3) is 5.91 Å². The molecule has 0 saturated heterocycles. The molecule has 0 aliphatic heterocycles. The lowest BCUT2D eigenvalue weighted by atomic mass is 9.94. The topological polar surface area (TPSA) is 69.2 Å². The molecule has 3 aromatic rings. The van der Waals surface area contributed by atoms with Gasteiger partial charge in [0.2, 0.25) is 0 Å². The third-order valence-electron chi connectivity index (χ3n) is 3.89. The number of rotatable bonds is 3. The number of aromatic nitrogens is 2. The summed E-state index contributed by atoms with van der Waals surface area (Å²) in [5.74, 6) is -0.0655. The molecule has 5 nitrogen and oxygen atoms in total. The number of nitrogens with zero attached hydrogens (tertiary/aromatic N) is 2. The van der Waals surface area contributed by atoms with Gasteiger partial charge < -0.3 is 15.0 Å². The molecular weight excluding hydrogens is 290 g/mol. The van der Waals surface area contributed by atoms with Crippen molar-refractivity contribution in [2.45, 2.75) is 13.0 Å². The van der Waals surface area contributed by atoms with E-state index in [1.54, 1.807) is 33.4 Å². The predicted octanol–water partition coefficient (Wildman–Crippen LogP) is 2.99. The van der Waals surface area contributed by atoms with Crippen molar-refractivity contribution in [2.24, 2.45) is 0 Å². The third-order valence-corrected chi connectivity index (χ3v) is 3.89. The smallest absolute Gasteiger partial charge is 0.253 e. The largest absolute Gasteiger partial charge is 0.389 e. The van der Waals surface area contributed by atoms with Gasteiger partial charge >= 0.3 is 0 Å². The summed E-state index contributed by atoms with van der Waals surface area (Å²) in [4.78, 5) is 21.1. The predicted molar refractivity (Wildman–Crippen MR) is 90.2 cm³/mol. The van der Waals surface area contributed by atoms with Gasteiger partial charge in [-0.2, -0.15) is 0 Å². The van der Waals surface area contributed by atoms with Crippen LogP contribution in [0.3, 0.4) is 0 Å². The van der Waals surface area contributed by atoms with E-state index in [2.05, 4.69) is 9.97 Å². The number of carbonyl (C=O) groups excluding carboxylic acids is 1. The van der Waals surface area contributed by atoms with Gasteiger partial charge in [-0.05, 0) is 47.9 Å². The average molecular weight is 309 g/mol. The summed E-state index contributed by atoms with van der Waals surface area (Å²) in [5.41, 5.74) is 4.95. The molecule has 1 atom stereocenters. The molecule has 1 aromatic heterocycles. The normalized spacial score (nSPS) is 12.3. The Kier molecular flexibility index (Phi) is 3.88. The number of carbonyl (C=O) groups is 1. The lowest BCUT2D eigenvalue weighted by Crippen LogP contribution is -2.21. The van der Waals surface area contributed by atoms with E-state index in [1.165, 1.54) is 4.90 Å². The van der Waals surface area contributed by atoms with Gasteiger partial charge in [-0.1, -0.05) is 12.1 Å². The van der Waals surface area contributed by atoms with Crippen LogP contribution in [0, 0.1) is 0 Å². The van der Waals surface area contributed by atoms with Crippen LogP contribution in [-0.4, -0.2) is 40.0 Å². The Labute approximate surface area is 134 Å². The van der Waals surface area contributed by atoms with Gasteiger partial charge in [0, 0.05) is 19.7 Å². The average Bonchev–Trinajstić information content (AvgIpc) is 3.00. The summed E-state index contributed by atoms with van der Waals surface area (Å²) in [6.45, 7) is 1.72. The Morgan fingerprint density at radius 1 is 1.22 bits per heavy atom. The zero-order valence-corrected chi connectivity index (χ0v) is 13.4. The number of amides is 1. The second-order valence-corrected chi connectivity index (χ2v) is 5.81. The van der Waals surface area contributed by atoms with Gasteiger partial charge in [-0.3, -0.25) is 4.79 Å². The zero-order valence-electron chi connectivity index (χ0n) is 13.4. The first kappa shape index (κ1) is 15.2. The van der Waals surface area contributed by atoms with Crippen molar-refractivity contribution in [1.82, 2.24) is 14.9 Å². The summed E-state index contributed by atoms with van der Waals surface area (Å²) in [6.07, 6.45) is 1.03. The van der Waals surface area contributed by atoms with Crippen molar-refractivity contribution in [3.05, 3.63) is 53.9 Å². The summed E-state index contributed by atoms with van der Waals surface area (Å²) in [5, 5.41) is 10.1. The van der Waals surface area contributed by atoms with E-state index in [9.17, 15) is 9.90 Å². The van der Waals surface area contributed by atoms with Gasteiger partial charge in [0.15, 0.2) is 0 Å². The minimum absolute atomic E-state index is 0.0655. The first-order valence-electron chi connectivity index (χ1n) is 7.44. The molecule has 0 fully saturated rings. The van der Waals surface area contributed by atoms with Crippen molar-refractivity contribution in [2.75, 3.05) is 14.1 Å². The van der Waals surface area contributed by atoms with Crippen LogP contribution in [0.5, 0.6) is 0 Å². The Hall–Kier alpha value is -2.66. The number of aliphatic hydroxyl groups is 1. The van der Waals surface area contributed by atoms with Crippen molar-refractivity contribution < 1.29 is 9.90 Å². The van der Waals surface area contributed by atoms with E-state index in [-0.39, 0.29) is 5.91 Å². The van der Waals surface area contributed by atoms with Crippen LogP contribution in [0.2, 0.25) is 0 Å². The van der Waals surface area contributed by atoms with Crippen LogP contribution in [-0.2, 0) is 0 Å². The highest BCUT2D eigenvalue weighted by molar-refractivity contribution is 5.96. The van der Waals surface area contributed by atoms with E-state index in [4.69, 9.17) is 0 Å². The van der Waals surface area contributed by atoms with Crippen LogP contribution < -0.4 is 0 Å². The second-order valence-electron chi connectivity index (χ2n) is 5.81. The minimum Gasteiger partial charge on any atom is -0.389 e. The fraction of sp³-hybridized carbons (Fsp3) is 0.222. The highest BCUT2D eigenvalue weighted by Gasteiger charge is 2.15. The maximum Gasteiger partial charge on any atom is 0.253 e. The number of hydrogen-bond donors (Lipinski definition) is 2. The van der Waals surface area contributed by atoms with Crippen LogP contribution in [0.4, 0.5) is 0 Å². The minimum atomic E-state index is -0.622. The first-order chi connectivity index (χ1) is 11.0. The van der Waals surface area contributed by atoms with Crippen LogP contribution in [0.25, 0.3) is 22.2 Å². The number of H-pyrrole nitrogens is 1. The molecule has 1 heterocycles. The number of nitrogens with one attached hydrogen (secondary N) is 1. The summed E-state index contributed by atoms with van der Waals surface area (Å²) in [7, 11) is 3.45. The molecule has 0 saturated carbocycles. The fourth-order valence-corrected chi connectivity index (χ4v) is 2.66. The molecule has 3 rings (SSSR count). The molecule has 118 valence electrons. The van der Waals surface area contributed by atoms with Crippen LogP contribution >= 0.6 is 0 Å². The molecular formula is C18H19N3O2. The lowest BCUT2D eigenvalue weighted by Gasteiger charge is -2.16. The second kappa shape index (κ2) is 5.85. The molecule has 0 radical (unpaired) electrons. The number of benzene rings is 2. The van der Waals surface area contributed by atoms with Crippen molar-refractivity contribution in [3.63, 3.8) is 0 Å². The monoisotopic (exact) mass is 309 g/mol. The Balaban J connectivity index is 2.17. The highest BCUT2D eigenvalue weighted by Crippen LogP contribution is 2.31. The molecule has 0 spiro atoms. The number of fused-ring (bicyclic) bond motifs is 1. The molecule has 2 aromatic carbocycles. The summed E-state index contributed by atoms with van der Waals surface area (Å²) < 4.78 is 0. The van der Waals surface area contributed by atoms with Gasteiger partial charge in [-0.15, -0.1) is 0 Å². The molecule has 1 amide bonds. The van der Waals surface area contributed by atoms with Crippen molar-refractivity contribution in [3.8, 4) is 11.1 Å². The van der Waals surface area contributed by atoms with E-state index < -0.39 is 6.10 Å². The number of hydrogen-bond acceptors (Lipinski definition) is 3. The zero-order chi connectivity index (χ0) is 16.6. The van der Waals surface area contributed by atoms with Crippen molar-refractivity contribution >= 4 is 16.9 Å². The Bertz CT molecular complexity index is 866. The molecule has 1 unspecified atom stereocenters. The number of aromatic amines is 1. The van der Waals surface area contributed by atoms with Crippen LogP contribution in [0.15, 0.2) is 42.7 Å². The summed E-state index contributed by atoms with van der Waals surface area (Å²) >= 11 is 0. The quantitative estimate of drug-likeness (QED) is 0.781. The van der Waals surface area contributed by atoms with Crippen LogP contribution in [0.1, 0.15) is 28.9 Å². The third kappa shape index (κ3) is 2.83. The maximum atomic E-state index is 12.2. The Morgan fingerprint density at radius 3 is 2.70 bits per heavy atom. The standard InChI is InChI=1S/C18H19N3O2/c1-11(22)14-6-4-13(18(23)21(2)3)8-15(14)12-5-7-16-17(9-12)20-10-19-16/h4-11,22H,1-3H3,(H,19,20). The van der Waals surface area contributed by atoms with E-state index >= 15 is 0 Å². The van der Waals surface area contributed by atoms with Gasteiger partial charge in [-0.25, -0.2) is 4.98 Å². The molecule has 0 aliphatic rings. The number of aliphatic hydroxyl groups excluding tert-OH is 1. The number of imidazole rings is 1. The lowest BCUT2D eigenvalue weighted by molar-refractivity contribution is 0.0827. The maximum absolute atomic E-state index is 12.2. The molecule has 0 aliphatic carbocycles. The fourth-order valence-electron chi connectivity index (χ4n) is 2.66. The molecule has 5 heteroatoms. The van der Waals surface area contributed by atoms with Gasteiger partial charge in [0.1, 0.15) is 0 Å². The molecule has 23 heavy (non-hydrogen) atoms. The first-order valence-corrected chi connectivity index (χ1v) is 7.44. The van der Waals surface area contributed by atoms with E-state index in [0.29, 0.717) is 5.56 Å².